The number of carbonyl (C=O) groups is 2. The zero-order valence-electron chi connectivity index (χ0n) is 15.1. The van der Waals surface area contributed by atoms with Crippen LogP contribution in [0.2, 0.25) is 0 Å². The van der Waals surface area contributed by atoms with E-state index in [1.807, 2.05) is 0 Å². The number of esters is 2. The second kappa shape index (κ2) is 5.52. The zero-order valence-corrected chi connectivity index (χ0v) is 15.1. The van der Waals surface area contributed by atoms with Crippen LogP contribution in [-0.2, 0) is 30.6 Å². The molecule has 1 N–H and O–H groups in total. The summed E-state index contributed by atoms with van der Waals surface area (Å²) < 4.78 is 31.2. The van der Waals surface area contributed by atoms with Crippen molar-refractivity contribution in [2.75, 3.05) is 21.2 Å². The molecule has 0 amide bonds. The smallest absolute Gasteiger partial charge is 0.334 e. The Bertz CT molecular complexity index is 811. The summed E-state index contributed by atoms with van der Waals surface area (Å²) in [6.45, 7) is 3.05. The number of methoxy groups -OCH3 is 1. The number of halogens is 1. The summed E-state index contributed by atoms with van der Waals surface area (Å²) >= 11 is 0. The van der Waals surface area contributed by atoms with E-state index in [1.54, 1.807) is 14.1 Å². The van der Waals surface area contributed by atoms with Crippen LogP contribution < -0.4 is 4.74 Å². The third-order valence-electron chi connectivity index (χ3n) is 5.20. The van der Waals surface area contributed by atoms with Crippen LogP contribution in [0.15, 0.2) is 24.3 Å². The molecular formula is C18H20FNO6. The minimum absolute atomic E-state index is 0.0394. The van der Waals surface area contributed by atoms with Crippen molar-refractivity contribution >= 4 is 11.9 Å². The van der Waals surface area contributed by atoms with Gasteiger partial charge in [0.05, 0.1) is 23.7 Å². The molecule has 2 aliphatic rings. The highest BCUT2D eigenvalue weighted by atomic mass is 19.1. The number of ether oxygens (including phenoxy) is 3. The van der Waals surface area contributed by atoms with E-state index in [2.05, 4.69) is 0 Å². The molecule has 8 heteroatoms. The molecule has 0 aromatic heterocycles. The molecule has 1 heterocycles. The molecule has 0 bridgehead atoms. The second-order valence-electron chi connectivity index (χ2n) is 6.98. The highest BCUT2D eigenvalue weighted by Crippen LogP contribution is 2.65. The number of hydrogen-bond donors (Lipinski definition) is 1. The lowest BCUT2D eigenvalue weighted by molar-refractivity contribution is -0.314. The number of benzene rings is 1. The van der Waals surface area contributed by atoms with Crippen LogP contribution in [0.3, 0.4) is 0 Å². The fourth-order valence-electron chi connectivity index (χ4n) is 3.90. The van der Waals surface area contributed by atoms with Crippen molar-refractivity contribution in [3.63, 3.8) is 0 Å². The first kappa shape index (κ1) is 18.3. The van der Waals surface area contributed by atoms with Gasteiger partial charge in [0.15, 0.2) is 5.72 Å². The van der Waals surface area contributed by atoms with E-state index in [1.165, 1.54) is 31.9 Å². The lowest BCUT2D eigenvalue weighted by Crippen LogP contribution is -2.58. The fourth-order valence-corrected chi connectivity index (χ4v) is 3.90. The Morgan fingerprint density at radius 3 is 2.08 bits per heavy atom. The Balaban J connectivity index is 2.46. The molecule has 7 nitrogen and oxygen atoms in total. The summed E-state index contributed by atoms with van der Waals surface area (Å²) in [5.41, 5.74) is -3.57. The molecular weight excluding hydrogens is 345 g/mol. The molecule has 1 aliphatic carbocycles. The van der Waals surface area contributed by atoms with E-state index in [0.29, 0.717) is 0 Å². The maximum absolute atomic E-state index is 15.0. The maximum Gasteiger partial charge on any atom is 0.334 e. The summed E-state index contributed by atoms with van der Waals surface area (Å²) in [6.07, 6.45) is 1.80. The van der Waals surface area contributed by atoms with Gasteiger partial charge in [0, 0.05) is 12.2 Å². The van der Waals surface area contributed by atoms with E-state index in [-0.39, 0.29) is 16.9 Å². The number of aliphatic hydroxyl groups is 1. The summed E-state index contributed by atoms with van der Waals surface area (Å²) in [5, 5.41) is 11.6. The third kappa shape index (κ3) is 1.99. The number of rotatable bonds is 2. The van der Waals surface area contributed by atoms with Gasteiger partial charge >= 0.3 is 11.9 Å². The maximum atomic E-state index is 15.0. The van der Waals surface area contributed by atoms with E-state index in [0.717, 1.165) is 18.2 Å². The average Bonchev–Trinajstić information content (AvgIpc) is 2.66. The SMILES string of the molecule is COc1ccc(F)c2c1C(O)(N(C)C)C(C)(C)C21OC(=O)C=CC(=O)O1. The fraction of sp³-hybridized carbons (Fsp3) is 0.444. The first-order valence-electron chi connectivity index (χ1n) is 7.94. The van der Waals surface area contributed by atoms with Crippen molar-refractivity contribution in [2.45, 2.75) is 25.4 Å². The van der Waals surface area contributed by atoms with Crippen LogP contribution in [-0.4, -0.2) is 43.2 Å². The predicted molar refractivity (Wildman–Crippen MR) is 87.3 cm³/mol. The van der Waals surface area contributed by atoms with Gasteiger partial charge in [0.25, 0.3) is 5.79 Å². The zero-order chi connectivity index (χ0) is 19.5. The molecule has 1 atom stereocenters. The molecule has 1 aromatic carbocycles. The molecule has 140 valence electrons. The summed E-state index contributed by atoms with van der Waals surface area (Å²) in [7, 11) is 4.52. The van der Waals surface area contributed by atoms with Crippen molar-refractivity contribution in [1.29, 1.82) is 0 Å². The minimum Gasteiger partial charge on any atom is -0.496 e. The molecule has 1 unspecified atom stereocenters. The van der Waals surface area contributed by atoms with Crippen molar-refractivity contribution in [2.24, 2.45) is 5.41 Å². The van der Waals surface area contributed by atoms with Gasteiger partial charge in [-0.3, -0.25) is 4.90 Å². The van der Waals surface area contributed by atoms with Gasteiger partial charge in [-0.05, 0) is 40.1 Å². The van der Waals surface area contributed by atoms with Crippen LogP contribution in [0.5, 0.6) is 5.75 Å². The monoisotopic (exact) mass is 365 g/mol. The number of hydrogen-bond acceptors (Lipinski definition) is 7. The van der Waals surface area contributed by atoms with Crippen LogP contribution in [0.4, 0.5) is 4.39 Å². The molecule has 0 saturated carbocycles. The van der Waals surface area contributed by atoms with Gasteiger partial charge in [0.2, 0.25) is 0 Å². The van der Waals surface area contributed by atoms with Gasteiger partial charge in [-0.1, -0.05) is 0 Å². The van der Waals surface area contributed by atoms with E-state index < -0.39 is 34.7 Å². The number of carbonyl (C=O) groups excluding carboxylic acids is 2. The largest absolute Gasteiger partial charge is 0.496 e. The van der Waals surface area contributed by atoms with Crippen molar-refractivity contribution in [3.8, 4) is 5.75 Å². The normalized spacial score (nSPS) is 25.7. The molecule has 1 spiro atoms. The summed E-state index contributed by atoms with van der Waals surface area (Å²) in [5.74, 6) is -4.58. The second-order valence-corrected chi connectivity index (χ2v) is 6.98. The van der Waals surface area contributed by atoms with E-state index >= 15 is 0 Å². The third-order valence-corrected chi connectivity index (χ3v) is 5.20. The molecule has 0 radical (unpaired) electrons. The van der Waals surface area contributed by atoms with Crippen LogP contribution in [0.1, 0.15) is 25.0 Å². The quantitative estimate of drug-likeness (QED) is 0.626. The van der Waals surface area contributed by atoms with E-state index in [9.17, 15) is 19.1 Å². The molecule has 26 heavy (non-hydrogen) atoms. The Kier molecular flexibility index (Phi) is 3.90. The van der Waals surface area contributed by atoms with E-state index in [4.69, 9.17) is 14.2 Å². The highest BCUT2D eigenvalue weighted by molar-refractivity contribution is 5.93. The first-order chi connectivity index (χ1) is 12.0. The Morgan fingerprint density at radius 2 is 1.62 bits per heavy atom. The van der Waals surface area contributed by atoms with Crippen molar-refractivity contribution in [3.05, 3.63) is 41.2 Å². The molecule has 0 saturated heterocycles. The van der Waals surface area contributed by atoms with Gasteiger partial charge < -0.3 is 19.3 Å². The first-order valence-corrected chi connectivity index (χ1v) is 7.94. The molecule has 1 aromatic rings. The lowest BCUT2D eigenvalue weighted by atomic mass is 9.76. The summed E-state index contributed by atoms with van der Waals surface area (Å²) in [6, 6.07) is 2.47. The Hall–Kier alpha value is -2.45. The number of nitrogens with zero attached hydrogens (tertiary/aromatic N) is 1. The standard InChI is InChI=1S/C18H20FNO6/c1-16(2)17(23,20(3)4)15-11(24-5)7-6-10(19)14(15)18(16)25-12(21)8-9-13(22)26-18/h6-9,23H,1-5H3. The van der Waals surface area contributed by atoms with Crippen LogP contribution >= 0.6 is 0 Å². The van der Waals surface area contributed by atoms with Gasteiger partial charge in [-0.25, -0.2) is 14.0 Å². The van der Waals surface area contributed by atoms with Crippen LogP contribution in [0.25, 0.3) is 0 Å². The van der Waals surface area contributed by atoms with Gasteiger partial charge in [-0.2, -0.15) is 0 Å². The minimum atomic E-state index is -2.18. The Labute approximate surface area is 149 Å². The lowest BCUT2D eigenvalue weighted by Gasteiger charge is -2.47. The number of fused-ring (bicyclic) bond motifs is 2. The predicted octanol–water partition coefficient (Wildman–Crippen LogP) is 1.39. The molecule has 3 rings (SSSR count). The van der Waals surface area contributed by atoms with Gasteiger partial charge in [-0.15, -0.1) is 0 Å². The summed E-state index contributed by atoms with van der Waals surface area (Å²) in [4.78, 5) is 25.7. The van der Waals surface area contributed by atoms with Gasteiger partial charge in [0.1, 0.15) is 11.6 Å². The molecule has 1 aliphatic heterocycles. The highest BCUT2D eigenvalue weighted by Gasteiger charge is 2.74. The molecule has 0 fully saturated rings. The Morgan fingerprint density at radius 1 is 1.08 bits per heavy atom. The topological polar surface area (TPSA) is 85.3 Å². The van der Waals surface area contributed by atoms with Crippen molar-refractivity contribution < 1.29 is 33.3 Å². The van der Waals surface area contributed by atoms with Crippen LogP contribution in [0, 0.1) is 11.2 Å². The van der Waals surface area contributed by atoms with Crippen molar-refractivity contribution in [1.82, 2.24) is 4.90 Å². The average molecular weight is 365 g/mol.